The molecule has 0 aliphatic carbocycles. The van der Waals surface area contributed by atoms with E-state index < -0.39 is 0 Å². The van der Waals surface area contributed by atoms with Crippen LogP contribution in [0, 0.1) is 0 Å². The normalized spacial score (nSPS) is 10.4. The van der Waals surface area contributed by atoms with Gasteiger partial charge in [0.15, 0.2) is 5.76 Å². The lowest BCUT2D eigenvalue weighted by Gasteiger charge is -2.12. The lowest BCUT2D eigenvalue weighted by atomic mass is 10.1. The number of anilines is 1. The van der Waals surface area contributed by atoms with Crippen LogP contribution < -0.4 is 10.2 Å². The summed E-state index contributed by atoms with van der Waals surface area (Å²) in [6.07, 6.45) is 3.36. The Morgan fingerprint density at radius 1 is 1.12 bits per heavy atom. The zero-order valence-electron chi connectivity index (χ0n) is 13.7. The zero-order valence-corrected chi connectivity index (χ0v) is 13.7. The summed E-state index contributed by atoms with van der Waals surface area (Å²) in [4.78, 5) is 18.5. The van der Waals surface area contributed by atoms with Gasteiger partial charge in [0.25, 0.3) is 5.91 Å². The molecular weight excluding hydrogens is 302 g/mol. The van der Waals surface area contributed by atoms with Gasteiger partial charge in [0, 0.05) is 38.1 Å². The minimum absolute atomic E-state index is 0.101. The third-order valence-electron chi connectivity index (χ3n) is 3.70. The van der Waals surface area contributed by atoms with Crippen molar-refractivity contribution in [2.75, 3.05) is 19.0 Å². The molecule has 1 aromatic carbocycles. The Bertz CT molecular complexity index is 792. The summed E-state index contributed by atoms with van der Waals surface area (Å²) in [5.74, 6) is 0.627. The second-order valence-electron chi connectivity index (χ2n) is 5.65. The van der Waals surface area contributed by atoms with Crippen molar-refractivity contribution in [3.63, 3.8) is 0 Å². The maximum Gasteiger partial charge on any atom is 0.251 e. The Labute approximate surface area is 140 Å². The molecule has 0 aliphatic rings. The number of rotatable bonds is 5. The number of hydrogen-bond donors (Lipinski definition) is 1. The molecule has 122 valence electrons. The van der Waals surface area contributed by atoms with Crippen LogP contribution >= 0.6 is 0 Å². The minimum atomic E-state index is -0.101. The van der Waals surface area contributed by atoms with Gasteiger partial charge in [-0.1, -0.05) is 6.07 Å². The Morgan fingerprint density at radius 2 is 1.92 bits per heavy atom. The van der Waals surface area contributed by atoms with Gasteiger partial charge in [-0.2, -0.15) is 0 Å². The highest BCUT2D eigenvalue weighted by atomic mass is 16.3. The van der Waals surface area contributed by atoms with E-state index in [9.17, 15) is 4.79 Å². The quantitative estimate of drug-likeness (QED) is 0.783. The summed E-state index contributed by atoms with van der Waals surface area (Å²) < 4.78 is 5.31. The Morgan fingerprint density at radius 3 is 2.50 bits per heavy atom. The summed E-state index contributed by atoms with van der Waals surface area (Å²) in [6.45, 7) is 0.430. The monoisotopic (exact) mass is 321 g/mol. The summed E-state index contributed by atoms with van der Waals surface area (Å²) in [5, 5.41) is 2.90. The first-order valence-corrected chi connectivity index (χ1v) is 7.68. The topological polar surface area (TPSA) is 58.4 Å². The molecule has 0 atom stereocenters. The second-order valence-corrected chi connectivity index (χ2v) is 5.65. The minimum Gasteiger partial charge on any atom is -0.463 e. The molecule has 5 heteroatoms. The molecule has 2 heterocycles. The van der Waals surface area contributed by atoms with Crippen molar-refractivity contribution >= 4 is 11.6 Å². The number of benzene rings is 1. The van der Waals surface area contributed by atoms with E-state index >= 15 is 0 Å². The van der Waals surface area contributed by atoms with E-state index in [1.54, 1.807) is 12.5 Å². The fraction of sp³-hybridized carbons (Fsp3) is 0.158. The Hall–Kier alpha value is -3.08. The molecule has 1 amide bonds. The maximum atomic E-state index is 12.2. The Kier molecular flexibility index (Phi) is 4.61. The fourth-order valence-corrected chi connectivity index (χ4v) is 2.29. The summed E-state index contributed by atoms with van der Waals surface area (Å²) in [7, 11) is 3.93. The van der Waals surface area contributed by atoms with Crippen LogP contribution in [0.3, 0.4) is 0 Å². The molecule has 5 nitrogen and oxygen atoms in total. The molecule has 0 bridgehead atoms. The average molecular weight is 321 g/mol. The van der Waals surface area contributed by atoms with Crippen LogP contribution in [0.5, 0.6) is 0 Å². The molecule has 1 N–H and O–H groups in total. The SMILES string of the molecule is CN(C)c1ccc(C(=O)NCc2ccc(-c3ccco3)nc2)cc1. The summed E-state index contributed by atoms with van der Waals surface area (Å²) >= 11 is 0. The molecule has 0 fully saturated rings. The molecule has 24 heavy (non-hydrogen) atoms. The fourth-order valence-electron chi connectivity index (χ4n) is 2.29. The summed E-state index contributed by atoms with van der Waals surface area (Å²) in [5.41, 5.74) is 3.41. The van der Waals surface area contributed by atoms with Crippen LogP contribution in [0.4, 0.5) is 5.69 Å². The van der Waals surface area contributed by atoms with Gasteiger partial charge in [-0.05, 0) is 48.0 Å². The van der Waals surface area contributed by atoms with E-state index in [0.29, 0.717) is 12.1 Å². The van der Waals surface area contributed by atoms with Crippen molar-refractivity contribution in [2.24, 2.45) is 0 Å². The lowest BCUT2D eigenvalue weighted by Crippen LogP contribution is -2.22. The highest BCUT2D eigenvalue weighted by molar-refractivity contribution is 5.94. The van der Waals surface area contributed by atoms with Crippen LogP contribution in [-0.4, -0.2) is 25.0 Å². The van der Waals surface area contributed by atoms with Crippen molar-refractivity contribution < 1.29 is 9.21 Å². The number of furan rings is 1. The van der Waals surface area contributed by atoms with Gasteiger partial charge in [0.2, 0.25) is 0 Å². The molecular formula is C19H19N3O2. The highest BCUT2D eigenvalue weighted by Crippen LogP contribution is 2.17. The van der Waals surface area contributed by atoms with Crippen LogP contribution in [0.2, 0.25) is 0 Å². The number of carbonyl (C=O) groups is 1. The molecule has 3 rings (SSSR count). The van der Waals surface area contributed by atoms with Crippen molar-refractivity contribution in [1.82, 2.24) is 10.3 Å². The van der Waals surface area contributed by atoms with Crippen molar-refractivity contribution in [2.45, 2.75) is 6.54 Å². The molecule has 0 spiro atoms. The van der Waals surface area contributed by atoms with Crippen LogP contribution in [0.1, 0.15) is 15.9 Å². The largest absolute Gasteiger partial charge is 0.463 e. The average Bonchev–Trinajstić information content (AvgIpc) is 3.15. The number of carbonyl (C=O) groups excluding carboxylic acids is 1. The van der Waals surface area contributed by atoms with E-state index in [4.69, 9.17) is 4.42 Å². The van der Waals surface area contributed by atoms with Gasteiger partial charge in [-0.3, -0.25) is 9.78 Å². The van der Waals surface area contributed by atoms with Gasteiger partial charge in [0.1, 0.15) is 5.69 Å². The number of hydrogen-bond acceptors (Lipinski definition) is 4. The Balaban J connectivity index is 1.59. The maximum absolute atomic E-state index is 12.2. The first-order chi connectivity index (χ1) is 11.6. The number of nitrogens with one attached hydrogen (secondary N) is 1. The predicted molar refractivity (Wildman–Crippen MR) is 93.9 cm³/mol. The molecule has 0 saturated heterocycles. The van der Waals surface area contributed by atoms with E-state index in [-0.39, 0.29) is 5.91 Å². The van der Waals surface area contributed by atoms with E-state index in [1.807, 2.05) is 67.5 Å². The zero-order chi connectivity index (χ0) is 16.9. The molecule has 0 aliphatic heterocycles. The third-order valence-corrected chi connectivity index (χ3v) is 3.70. The molecule has 0 radical (unpaired) electrons. The first-order valence-electron chi connectivity index (χ1n) is 7.68. The standard InChI is InChI=1S/C19H19N3O2/c1-22(2)16-8-6-15(7-9-16)19(23)21-13-14-5-10-17(20-12-14)18-4-3-11-24-18/h3-12H,13H2,1-2H3,(H,21,23). The van der Waals surface area contributed by atoms with Crippen molar-refractivity contribution in [3.8, 4) is 11.5 Å². The smallest absolute Gasteiger partial charge is 0.251 e. The molecule has 2 aromatic heterocycles. The predicted octanol–water partition coefficient (Wildman–Crippen LogP) is 3.34. The number of amides is 1. The van der Waals surface area contributed by atoms with Gasteiger partial charge < -0.3 is 14.6 Å². The van der Waals surface area contributed by atoms with E-state index in [1.165, 1.54) is 0 Å². The van der Waals surface area contributed by atoms with Crippen molar-refractivity contribution in [1.29, 1.82) is 0 Å². The second kappa shape index (κ2) is 7.00. The summed E-state index contributed by atoms with van der Waals surface area (Å²) in [6, 6.07) is 15.0. The van der Waals surface area contributed by atoms with Gasteiger partial charge >= 0.3 is 0 Å². The van der Waals surface area contributed by atoms with Crippen LogP contribution in [0.15, 0.2) is 65.4 Å². The number of nitrogens with zero attached hydrogens (tertiary/aromatic N) is 2. The van der Waals surface area contributed by atoms with Gasteiger partial charge in [-0.15, -0.1) is 0 Å². The van der Waals surface area contributed by atoms with Crippen molar-refractivity contribution in [3.05, 3.63) is 72.1 Å². The first kappa shape index (κ1) is 15.8. The highest BCUT2D eigenvalue weighted by Gasteiger charge is 2.07. The third kappa shape index (κ3) is 3.63. The number of aromatic nitrogens is 1. The van der Waals surface area contributed by atoms with Crippen LogP contribution in [-0.2, 0) is 6.54 Å². The molecule has 0 unspecified atom stereocenters. The van der Waals surface area contributed by atoms with Gasteiger partial charge in [-0.25, -0.2) is 0 Å². The van der Waals surface area contributed by atoms with E-state index in [0.717, 1.165) is 22.7 Å². The molecule has 3 aromatic rings. The van der Waals surface area contributed by atoms with Crippen LogP contribution in [0.25, 0.3) is 11.5 Å². The molecule has 0 saturated carbocycles. The van der Waals surface area contributed by atoms with Gasteiger partial charge in [0.05, 0.1) is 6.26 Å². The number of pyridine rings is 1. The lowest BCUT2D eigenvalue weighted by molar-refractivity contribution is 0.0951. The van der Waals surface area contributed by atoms with E-state index in [2.05, 4.69) is 10.3 Å².